The Morgan fingerprint density at radius 3 is 3.24 bits per heavy atom. The van der Waals surface area contributed by atoms with E-state index in [1.54, 1.807) is 10.4 Å². The van der Waals surface area contributed by atoms with Crippen molar-refractivity contribution in [2.24, 2.45) is 5.92 Å². The SMILES string of the molecule is CC(NC1CCCc2sccc21)C1CCOC1. The van der Waals surface area contributed by atoms with Gasteiger partial charge < -0.3 is 10.1 Å². The van der Waals surface area contributed by atoms with E-state index in [-0.39, 0.29) is 0 Å². The van der Waals surface area contributed by atoms with Crippen LogP contribution in [-0.4, -0.2) is 19.3 Å². The second kappa shape index (κ2) is 5.09. The van der Waals surface area contributed by atoms with Gasteiger partial charge in [-0.3, -0.25) is 0 Å². The molecule has 1 N–H and O–H groups in total. The van der Waals surface area contributed by atoms with Gasteiger partial charge in [0.25, 0.3) is 0 Å². The Bertz CT molecular complexity index is 370. The fourth-order valence-corrected chi connectivity index (χ4v) is 4.05. The van der Waals surface area contributed by atoms with Gasteiger partial charge in [0, 0.05) is 23.6 Å². The summed E-state index contributed by atoms with van der Waals surface area (Å²) in [6.45, 7) is 4.21. The van der Waals surface area contributed by atoms with Crippen molar-refractivity contribution >= 4 is 11.3 Å². The summed E-state index contributed by atoms with van der Waals surface area (Å²) in [5.74, 6) is 0.707. The van der Waals surface area contributed by atoms with E-state index >= 15 is 0 Å². The van der Waals surface area contributed by atoms with Crippen LogP contribution >= 0.6 is 11.3 Å². The first-order valence-electron chi connectivity index (χ1n) is 6.74. The highest BCUT2D eigenvalue weighted by Crippen LogP contribution is 2.34. The van der Waals surface area contributed by atoms with Gasteiger partial charge in [-0.05, 0) is 55.5 Å². The zero-order chi connectivity index (χ0) is 11.7. The maximum Gasteiger partial charge on any atom is 0.0509 e. The molecule has 3 rings (SSSR count). The van der Waals surface area contributed by atoms with Crippen LogP contribution < -0.4 is 5.32 Å². The Morgan fingerprint density at radius 1 is 1.47 bits per heavy atom. The second-order valence-corrected chi connectivity index (χ2v) is 6.32. The summed E-state index contributed by atoms with van der Waals surface area (Å²) in [5.41, 5.74) is 1.56. The van der Waals surface area contributed by atoms with Crippen molar-refractivity contribution in [1.29, 1.82) is 0 Å². The van der Waals surface area contributed by atoms with E-state index in [0.29, 0.717) is 18.0 Å². The van der Waals surface area contributed by atoms with Crippen LogP contribution in [0.3, 0.4) is 0 Å². The number of aryl methyl sites for hydroxylation is 1. The Balaban J connectivity index is 1.66. The van der Waals surface area contributed by atoms with Gasteiger partial charge in [-0.1, -0.05) is 0 Å². The number of hydrogen-bond donors (Lipinski definition) is 1. The van der Waals surface area contributed by atoms with Crippen molar-refractivity contribution in [3.05, 3.63) is 21.9 Å². The highest BCUT2D eigenvalue weighted by atomic mass is 32.1. The molecule has 1 aliphatic carbocycles. The van der Waals surface area contributed by atoms with Gasteiger partial charge in [0.2, 0.25) is 0 Å². The van der Waals surface area contributed by atoms with Gasteiger partial charge in [-0.25, -0.2) is 0 Å². The summed E-state index contributed by atoms with van der Waals surface area (Å²) in [4.78, 5) is 1.60. The topological polar surface area (TPSA) is 21.3 Å². The summed E-state index contributed by atoms with van der Waals surface area (Å²) < 4.78 is 5.48. The average molecular weight is 251 g/mol. The van der Waals surface area contributed by atoms with E-state index in [9.17, 15) is 0 Å². The number of thiophene rings is 1. The largest absolute Gasteiger partial charge is 0.381 e. The quantitative estimate of drug-likeness (QED) is 0.891. The molecule has 1 fully saturated rings. The minimum absolute atomic E-state index is 0.577. The highest BCUT2D eigenvalue weighted by molar-refractivity contribution is 7.10. The van der Waals surface area contributed by atoms with Crippen LogP contribution in [-0.2, 0) is 11.2 Å². The summed E-state index contributed by atoms with van der Waals surface area (Å²) in [7, 11) is 0. The molecular formula is C14H21NOS. The molecule has 0 spiro atoms. The summed E-state index contributed by atoms with van der Waals surface area (Å²) in [5, 5.41) is 6.07. The molecule has 1 aromatic heterocycles. The normalized spacial score (nSPS) is 30.2. The number of nitrogens with one attached hydrogen (secondary N) is 1. The van der Waals surface area contributed by atoms with Gasteiger partial charge in [0.1, 0.15) is 0 Å². The Hall–Kier alpha value is -0.380. The van der Waals surface area contributed by atoms with Crippen LogP contribution in [0.15, 0.2) is 11.4 Å². The zero-order valence-electron chi connectivity index (χ0n) is 10.4. The first-order chi connectivity index (χ1) is 8.34. The summed E-state index contributed by atoms with van der Waals surface area (Å²) >= 11 is 1.92. The van der Waals surface area contributed by atoms with E-state index in [0.717, 1.165) is 13.2 Å². The molecule has 94 valence electrons. The number of hydrogen-bond acceptors (Lipinski definition) is 3. The van der Waals surface area contributed by atoms with Crippen LogP contribution in [0.2, 0.25) is 0 Å². The maximum atomic E-state index is 5.48. The minimum atomic E-state index is 0.577. The monoisotopic (exact) mass is 251 g/mol. The minimum Gasteiger partial charge on any atom is -0.381 e. The fourth-order valence-electron chi connectivity index (χ4n) is 3.06. The van der Waals surface area contributed by atoms with Gasteiger partial charge in [0.15, 0.2) is 0 Å². The molecule has 0 radical (unpaired) electrons. The fraction of sp³-hybridized carbons (Fsp3) is 0.714. The second-order valence-electron chi connectivity index (χ2n) is 5.32. The maximum absolute atomic E-state index is 5.48. The van der Waals surface area contributed by atoms with Crippen LogP contribution in [0, 0.1) is 5.92 Å². The molecule has 3 unspecified atom stereocenters. The predicted octanol–water partition coefficient (Wildman–Crippen LogP) is 3.14. The third-order valence-electron chi connectivity index (χ3n) is 4.19. The van der Waals surface area contributed by atoms with Crippen molar-refractivity contribution in [2.75, 3.05) is 13.2 Å². The molecule has 3 heteroatoms. The van der Waals surface area contributed by atoms with Crippen molar-refractivity contribution in [3.63, 3.8) is 0 Å². The van der Waals surface area contributed by atoms with Crippen LogP contribution in [0.4, 0.5) is 0 Å². The lowest BCUT2D eigenvalue weighted by Gasteiger charge is -2.29. The van der Waals surface area contributed by atoms with E-state index < -0.39 is 0 Å². The van der Waals surface area contributed by atoms with Gasteiger partial charge in [0.05, 0.1) is 6.61 Å². The predicted molar refractivity (Wildman–Crippen MR) is 71.5 cm³/mol. The highest BCUT2D eigenvalue weighted by Gasteiger charge is 2.27. The van der Waals surface area contributed by atoms with Crippen LogP contribution in [0.25, 0.3) is 0 Å². The molecule has 17 heavy (non-hydrogen) atoms. The number of rotatable bonds is 3. The number of ether oxygens (including phenoxy) is 1. The zero-order valence-corrected chi connectivity index (χ0v) is 11.3. The van der Waals surface area contributed by atoms with E-state index in [4.69, 9.17) is 4.74 Å². The smallest absolute Gasteiger partial charge is 0.0509 e. The van der Waals surface area contributed by atoms with Crippen molar-refractivity contribution in [3.8, 4) is 0 Å². The van der Waals surface area contributed by atoms with Gasteiger partial charge in [-0.2, -0.15) is 0 Å². The third kappa shape index (κ3) is 2.42. The van der Waals surface area contributed by atoms with E-state index in [2.05, 4.69) is 23.7 Å². The van der Waals surface area contributed by atoms with E-state index in [1.165, 1.54) is 25.7 Å². The molecule has 2 nitrogen and oxygen atoms in total. The molecule has 2 heterocycles. The molecule has 1 aliphatic heterocycles. The molecule has 0 saturated carbocycles. The Labute approximate surface area is 107 Å². The number of fused-ring (bicyclic) bond motifs is 1. The molecule has 3 atom stereocenters. The third-order valence-corrected chi connectivity index (χ3v) is 5.18. The molecule has 1 aromatic rings. The molecule has 2 aliphatic rings. The summed E-state index contributed by atoms with van der Waals surface area (Å²) in [6.07, 6.45) is 5.13. The Morgan fingerprint density at radius 2 is 2.41 bits per heavy atom. The summed E-state index contributed by atoms with van der Waals surface area (Å²) in [6, 6.07) is 3.48. The Kier molecular flexibility index (Phi) is 3.50. The average Bonchev–Trinajstić information content (AvgIpc) is 3.00. The van der Waals surface area contributed by atoms with Crippen molar-refractivity contribution in [2.45, 2.75) is 44.7 Å². The van der Waals surface area contributed by atoms with Crippen LogP contribution in [0.5, 0.6) is 0 Å². The first kappa shape index (κ1) is 11.7. The lowest BCUT2D eigenvalue weighted by molar-refractivity contribution is 0.176. The van der Waals surface area contributed by atoms with Crippen LogP contribution in [0.1, 0.15) is 42.7 Å². The molecule has 0 amide bonds. The van der Waals surface area contributed by atoms with E-state index in [1.807, 2.05) is 11.3 Å². The molecule has 1 saturated heterocycles. The molecule has 0 aromatic carbocycles. The van der Waals surface area contributed by atoms with Gasteiger partial charge in [-0.15, -0.1) is 11.3 Å². The lowest BCUT2D eigenvalue weighted by atomic mass is 9.91. The molecular weight excluding hydrogens is 230 g/mol. The molecule has 0 bridgehead atoms. The standard InChI is InChI=1S/C14H21NOS/c1-10(11-5-7-16-9-11)15-13-3-2-4-14-12(13)6-8-17-14/h6,8,10-11,13,15H,2-5,7,9H2,1H3. The van der Waals surface area contributed by atoms with Gasteiger partial charge >= 0.3 is 0 Å². The lowest BCUT2D eigenvalue weighted by Crippen LogP contribution is -2.37. The first-order valence-corrected chi connectivity index (χ1v) is 7.62. The van der Waals surface area contributed by atoms with Crippen molar-refractivity contribution in [1.82, 2.24) is 5.32 Å². The van der Waals surface area contributed by atoms with Crippen molar-refractivity contribution < 1.29 is 4.74 Å².